The second-order valence-corrected chi connectivity index (χ2v) is 5.56. The summed E-state index contributed by atoms with van der Waals surface area (Å²) in [6.07, 6.45) is 2.29. The Hall–Kier alpha value is -2.83. The van der Waals surface area contributed by atoms with Gasteiger partial charge in [-0.25, -0.2) is 14.4 Å². The van der Waals surface area contributed by atoms with Crippen LogP contribution in [0.2, 0.25) is 0 Å². The minimum absolute atomic E-state index is 0.144. The third-order valence-electron chi connectivity index (χ3n) is 2.96. The molecule has 0 aliphatic rings. The molecule has 1 N–H and O–H groups in total. The number of rotatable bonds is 8. The van der Waals surface area contributed by atoms with E-state index in [0.717, 1.165) is 12.2 Å². The van der Waals surface area contributed by atoms with Crippen LogP contribution in [0.15, 0.2) is 42.5 Å². The number of anilines is 1. The molecule has 25 heavy (non-hydrogen) atoms. The van der Waals surface area contributed by atoms with Crippen LogP contribution in [-0.2, 0) is 19.1 Å². The van der Waals surface area contributed by atoms with Crippen LogP contribution in [-0.4, -0.2) is 49.2 Å². The van der Waals surface area contributed by atoms with Crippen molar-refractivity contribution in [3.05, 3.63) is 42.5 Å². The molecule has 0 bridgehead atoms. The third-order valence-corrected chi connectivity index (χ3v) is 2.96. The fourth-order valence-corrected chi connectivity index (χ4v) is 1.77. The van der Waals surface area contributed by atoms with Gasteiger partial charge in [-0.2, -0.15) is 0 Å². The lowest BCUT2D eigenvalue weighted by Crippen LogP contribution is -2.32. The minimum Gasteiger partial charge on any atom is -0.462 e. The van der Waals surface area contributed by atoms with Gasteiger partial charge in [-0.3, -0.25) is 0 Å². The highest BCUT2D eigenvalue weighted by Gasteiger charge is 2.08. The van der Waals surface area contributed by atoms with Gasteiger partial charge in [-0.05, 0) is 32.4 Å². The monoisotopic (exact) mass is 348 g/mol. The standard InChI is InChI=1S/C18H24N2O5/c1-14(2)25-17(22)11-10-16(21)24-13-7-12-20(3)18(23)19-15-8-5-4-6-9-15/h4-6,8-11,14H,7,12-13H2,1-3H3,(H,19,23)/b11-10+. The van der Waals surface area contributed by atoms with Crippen molar-refractivity contribution in [3.63, 3.8) is 0 Å². The van der Waals surface area contributed by atoms with Crippen LogP contribution in [0.5, 0.6) is 0 Å². The average molecular weight is 348 g/mol. The molecule has 0 aromatic heterocycles. The minimum atomic E-state index is -0.628. The summed E-state index contributed by atoms with van der Waals surface area (Å²) < 4.78 is 9.80. The van der Waals surface area contributed by atoms with Crippen molar-refractivity contribution in [1.29, 1.82) is 0 Å². The van der Waals surface area contributed by atoms with Gasteiger partial charge in [0, 0.05) is 31.4 Å². The zero-order valence-electron chi connectivity index (χ0n) is 14.7. The van der Waals surface area contributed by atoms with Crippen molar-refractivity contribution >= 4 is 23.7 Å². The Morgan fingerprint density at radius 3 is 2.40 bits per heavy atom. The largest absolute Gasteiger partial charge is 0.462 e. The second kappa shape index (κ2) is 10.9. The summed E-state index contributed by atoms with van der Waals surface area (Å²) >= 11 is 0. The van der Waals surface area contributed by atoms with E-state index in [0.29, 0.717) is 18.7 Å². The van der Waals surface area contributed by atoms with Crippen molar-refractivity contribution in [2.75, 3.05) is 25.5 Å². The Labute approximate surface area is 147 Å². The van der Waals surface area contributed by atoms with E-state index in [1.807, 2.05) is 18.2 Å². The highest BCUT2D eigenvalue weighted by atomic mass is 16.5. The summed E-state index contributed by atoms with van der Waals surface area (Å²) in [5.41, 5.74) is 0.712. The van der Waals surface area contributed by atoms with E-state index in [2.05, 4.69) is 5.32 Å². The molecule has 0 fully saturated rings. The highest BCUT2D eigenvalue weighted by molar-refractivity contribution is 5.91. The maximum atomic E-state index is 12.0. The van der Waals surface area contributed by atoms with Gasteiger partial charge in [-0.1, -0.05) is 18.2 Å². The number of hydrogen-bond donors (Lipinski definition) is 1. The zero-order chi connectivity index (χ0) is 18.7. The number of ether oxygens (including phenoxy) is 2. The van der Waals surface area contributed by atoms with Gasteiger partial charge in [0.25, 0.3) is 0 Å². The number of para-hydroxylation sites is 1. The predicted molar refractivity (Wildman–Crippen MR) is 94.0 cm³/mol. The van der Waals surface area contributed by atoms with Gasteiger partial charge in [0.05, 0.1) is 12.7 Å². The Bertz CT molecular complexity index is 599. The number of carbonyl (C=O) groups is 3. The average Bonchev–Trinajstić information content (AvgIpc) is 2.57. The van der Waals surface area contributed by atoms with Gasteiger partial charge >= 0.3 is 18.0 Å². The Balaban J connectivity index is 2.21. The second-order valence-electron chi connectivity index (χ2n) is 5.56. The molecule has 7 heteroatoms. The molecule has 0 aliphatic carbocycles. The van der Waals surface area contributed by atoms with Gasteiger partial charge < -0.3 is 19.7 Å². The SMILES string of the molecule is CC(C)OC(=O)/C=C/C(=O)OCCCN(C)C(=O)Nc1ccccc1. The van der Waals surface area contributed by atoms with Gasteiger partial charge in [-0.15, -0.1) is 0 Å². The fourth-order valence-electron chi connectivity index (χ4n) is 1.77. The number of nitrogens with zero attached hydrogens (tertiary/aromatic N) is 1. The molecule has 0 saturated carbocycles. The molecule has 2 amide bonds. The third kappa shape index (κ3) is 9.14. The summed E-state index contributed by atoms with van der Waals surface area (Å²) in [4.78, 5) is 36.1. The number of nitrogens with one attached hydrogen (secondary N) is 1. The van der Waals surface area contributed by atoms with E-state index in [9.17, 15) is 14.4 Å². The van der Waals surface area contributed by atoms with E-state index < -0.39 is 11.9 Å². The van der Waals surface area contributed by atoms with E-state index >= 15 is 0 Å². The van der Waals surface area contributed by atoms with Crippen molar-refractivity contribution < 1.29 is 23.9 Å². The topological polar surface area (TPSA) is 84.9 Å². The van der Waals surface area contributed by atoms with E-state index in [1.165, 1.54) is 4.90 Å². The lowest BCUT2D eigenvalue weighted by atomic mass is 10.3. The molecule has 1 aromatic rings. The van der Waals surface area contributed by atoms with Crippen molar-refractivity contribution in [1.82, 2.24) is 4.90 Å². The number of benzene rings is 1. The van der Waals surface area contributed by atoms with Gasteiger partial charge in [0.15, 0.2) is 0 Å². The molecule has 0 saturated heterocycles. The van der Waals surface area contributed by atoms with Crippen molar-refractivity contribution in [2.45, 2.75) is 26.4 Å². The van der Waals surface area contributed by atoms with Crippen LogP contribution >= 0.6 is 0 Å². The number of amides is 2. The number of carbonyl (C=O) groups excluding carboxylic acids is 3. The van der Waals surface area contributed by atoms with Crippen molar-refractivity contribution in [3.8, 4) is 0 Å². The lowest BCUT2D eigenvalue weighted by Gasteiger charge is -2.17. The zero-order valence-corrected chi connectivity index (χ0v) is 14.7. The molecular weight excluding hydrogens is 324 g/mol. The Morgan fingerprint density at radius 2 is 1.76 bits per heavy atom. The lowest BCUT2D eigenvalue weighted by molar-refractivity contribution is -0.142. The molecule has 1 rings (SSSR count). The molecular formula is C18H24N2O5. The first-order valence-corrected chi connectivity index (χ1v) is 8.01. The van der Waals surface area contributed by atoms with Crippen molar-refractivity contribution in [2.24, 2.45) is 0 Å². The summed E-state index contributed by atoms with van der Waals surface area (Å²) in [7, 11) is 1.65. The quantitative estimate of drug-likeness (QED) is 0.443. The molecule has 0 radical (unpaired) electrons. The molecule has 136 valence electrons. The van der Waals surface area contributed by atoms with Crippen LogP contribution in [0.1, 0.15) is 20.3 Å². The normalized spacial score (nSPS) is 10.6. The molecule has 0 heterocycles. The first-order valence-electron chi connectivity index (χ1n) is 8.01. The van der Waals surface area contributed by atoms with Crippen LogP contribution in [0.4, 0.5) is 10.5 Å². The van der Waals surface area contributed by atoms with Crippen LogP contribution in [0, 0.1) is 0 Å². The first-order chi connectivity index (χ1) is 11.9. The number of urea groups is 1. The van der Waals surface area contributed by atoms with Crippen LogP contribution in [0.3, 0.4) is 0 Å². The molecule has 0 spiro atoms. The van der Waals surface area contributed by atoms with Crippen LogP contribution in [0.25, 0.3) is 0 Å². The van der Waals surface area contributed by atoms with E-state index in [1.54, 1.807) is 33.0 Å². The molecule has 7 nitrogen and oxygen atoms in total. The summed E-state index contributed by atoms with van der Waals surface area (Å²) in [6, 6.07) is 8.88. The maximum absolute atomic E-state index is 12.0. The van der Waals surface area contributed by atoms with Crippen LogP contribution < -0.4 is 5.32 Å². The molecule has 0 aliphatic heterocycles. The smallest absolute Gasteiger partial charge is 0.331 e. The Kier molecular flexibility index (Phi) is 8.78. The fraction of sp³-hybridized carbons (Fsp3) is 0.389. The number of hydrogen-bond acceptors (Lipinski definition) is 5. The maximum Gasteiger partial charge on any atom is 0.331 e. The van der Waals surface area contributed by atoms with E-state index in [4.69, 9.17) is 9.47 Å². The van der Waals surface area contributed by atoms with Gasteiger partial charge in [0.1, 0.15) is 0 Å². The van der Waals surface area contributed by atoms with Gasteiger partial charge in [0.2, 0.25) is 0 Å². The molecule has 1 aromatic carbocycles. The molecule has 0 unspecified atom stereocenters. The van der Waals surface area contributed by atoms with E-state index in [-0.39, 0.29) is 18.7 Å². The Morgan fingerprint density at radius 1 is 1.12 bits per heavy atom. The predicted octanol–water partition coefficient (Wildman–Crippen LogP) is 2.59. The summed E-state index contributed by atoms with van der Waals surface area (Å²) in [5, 5.41) is 2.76. The first kappa shape index (κ1) is 20.2. The summed E-state index contributed by atoms with van der Waals surface area (Å²) in [5.74, 6) is -1.22. The number of esters is 2. The summed E-state index contributed by atoms with van der Waals surface area (Å²) in [6.45, 7) is 4.00. The molecule has 0 atom stereocenters. The highest BCUT2D eigenvalue weighted by Crippen LogP contribution is 2.06.